The molecule has 0 bridgehead atoms. The van der Waals surface area contributed by atoms with Crippen molar-refractivity contribution in [3.05, 3.63) is 103 Å². The molecule has 1 N–H and O–H groups in total. The van der Waals surface area contributed by atoms with Crippen molar-refractivity contribution in [3.8, 4) is 5.75 Å². The summed E-state index contributed by atoms with van der Waals surface area (Å²) in [6, 6.07) is 17.9. The number of fused-ring (bicyclic) bond motifs is 1. The van der Waals surface area contributed by atoms with Gasteiger partial charge in [0.2, 0.25) is 0 Å². The summed E-state index contributed by atoms with van der Waals surface area (Å²) in [7, 11) is 1.45. The smallest absolute Gasteiger partial charge is 0.349 e. The topological polar surface area (TPSA) is 85.6 Å². The predicted octanol–water partition coefficient (Wildman–Crippen LogP) is 5.70. The van der Waals surface area contributed by atoms with Gasteiger partial charge in [-0.15, -0.1) is 0 Å². The van der Waals surface area contributed by atoms with E-state index >= 15 is 0 Å². The first-order valence-electron chi connectivity index (χ1n) is 9.39. The Hall–Kier alpha value is -3.42. The minimum atomic E-state index is -0.833. The molecular formula is C24H15BrClNO5. The molecule has 0 spiro atoms. The van der Waals surface area contributed by atoms with E-state index in [4.69, 9.17) is 20.8 Å². The molecule has 160 valence electrons. The van der Waals surface area contributed by atoms with Crippen LogP contribution in [0.25, 0.3) is 11.0 Å². The highest BCUT2D eigenvalue weighted by Gasteiger charge is 2.20. The summed E-state index contributed by atoms with van der Waals surface area (Å²) < 4.78 is 11.3. The molecule has 1 heterocycles. The van der Waals surface area contributed by atoms with Gasteiger partial charge in [0.15, 0.2) is 17.1 Å². The summed E-state index contributed by atoms with van der Waals surface area (Å²) in [5.41, 5.74) is 0.0357. The van der Waals surface area contributed by atoms with Crippen LogP contribution < -0.4 is 15.7 Å². The van der Waals surface area contributed by atoms with Gasteiger partial charge in [-0.2, -0.15) is 0 Å². The minimum absolute atomic E-state index is 0.201. The second-order valence-electron chi connectivity index (χ2n) is 6.81. The van der Waals surface area contributed by atoms with E-state index in [2.05, 4.69) is 21.2 Å². The molecular weight excluding hydrogens is 498 g/mol. The van der Waals surface area contributed by atoms with E-state index in [1.165, 1.54) is 25.3 Å². The highest BCUT2D eigenvalue weighted by molar-refractivity contribution is 9.10. The van der Waals surface area contributed by atoms with E-state index in [-0.39, 0.29) is 28.2 Å². The van der Waals surface area contributed by atoms with Crippen LogP contribution in [0.5, 0.6) is 5.75 Å². The van der Waals surface area contributed by atoms with Crippen molar-refractivity contribution >= 4 is 55.9 Å². The zero-order chi connectivity index (χ0) is 22.8. The Morgan fingerprint density at radius 3 is 2.47 bits per heavy atom. The number of anilines is 1. The van der Waals surface area contributed by atoms with Crippen LogP contribution in [0.15, 0.2) is 80.4 Å². The van der Waals surface area contributed by atoms with Crippen LogP contribution in [0.4, 0.5) is 5.69 Å². The zero-order valence-corrected chi connectivity index (χ0v) is 19.0. The van der Waals surface area contributed by atoms with Crippen molar-refractivity contribution in [1.82, 2.24) is 0 Å². The third kappa shape index (κ3) is 4.30. The first-order valence-corrected chi connectivity index (χ1v) is 10.6. The normalized spacial score (nSPS) is 10.7. The standard InChI is InChI=1S/C24H15BrClNO5/c1-31-20-11-15(25)9-14-10-18(24(30)32-22(14)20)23(29)27-19-8-7-16(26)12-17(19)21(28)13-5-3-2-4-6-13/h2-12H,1H3,(H,27,29). The van der Waals surface area contributed by atoms with Gasteiger partial charge in [-0.25, -0.2) is 4.79 Å². The molecule has 0 saturated carbocycles. The number of methoxy groups -OCH3 is 1. The van der Waals surface area contributed by atoms with Crippen molar-refractivity contribution in [2.24, 2.45) is 0 Å². The Labute approximate surface area is 195 Å². The Balaban J connectivity index is 1.74. The molecule has 0 fully saturated rings. The highest BCUT2D eigenvalue weighted by atomic mass is 79.9. The number of amides is 1. The number of carbonyl (C=O) groups is 2. The third-order valence-electron chi connectivity index (χ3n) is 4.74. The van der Waals surface area contributed by atoms with Crippen molar-refractivity contribution in [1.29, 1.82) is 0 Å². The minimum Gasteiger partial charge on any atom is -0.493 e. The highest BCUT2D eigenvalue weighted by Crippen LogP contribution is 2.30. The van der Waals surface area contributed by atoms with Crippen LogP contribution in [0.3, 0.4) is 0 Å². The second kappa shape index (κ2) is 8.98. The molecule has 0 atom stereocenters. The second-order valence-corrected chi connectivity index (χ2v) is 8.17. The summed E-state index contributed by atoms with van der Waals surface area (Å²) in [5.74, 6) is -0.682. The van der Waals surface area contributed by atoms with Gasteiger partial charge < -0.3 is 14.5 Å². The fourth-order valence-electron chi connectivity index (χ4n) is 3.23. The molecule has 32 heavy (non-hydrogen) atoms. The van der Waals surface area contributed by atoms with E-state index in [1.54, 1.807) is 48.5 Å². The first kappa shape index (κ1) is 21.8. The summed E-state index contributed by atoms with van der Waals surface area (Å²) >= 11 is 9.45. The fraction of sp³-hybridized carbons (Fsp3) is 0.0417. The SMILES string of the molecule is COc1cc(Br)cc2cc(C(=O)Nc3ccc(Cl)cc3C(=O)c3ccccc3)c(=O)oc12. The van der Waals surface area contributed by atoms with E-state index in [9.17, 15) is 14.4 Å². The molecule has 3 aromatic carbocycles. The Morgan fingerprint density at radius 2 is 1.75 bits per heavy atom. The molecule has 0 aliphatic rings. The molecule has 4 aromatic rings. The Bertz CT molecular complexity index is 1420. The maximum atomic E-state index is 13.0. The van der Waals surface area contributed by atoms with Gasteiger partial charge in [-0.05, 0) is 36.4 Å². The number of carbonyl (C=O) groups excluding carboxylic acids is 2. The third-order valence-corrected chi connectivity index (χ3v) is 5.43. The van der Waals surface area contributed by atoms with Crippen LogP contribution >= 0.6 is 27.5 Å². The molecule has 0 radical (unpaired) electrons. The van der Waals surface area contributed by atoms with Crippen molar-refractivity contribution in [3.63, 3.8) is 0 Å². The number of hydrogen-bond donors (Lipinski definition) is 1. The number of benzene rings is 3. The zero-order valence-electron chi connectivity index (χ0n) is 16.6. The van der Waals surface area contributed by atoms with Crippen LogP contribution in [0.1, 0.15) is 26.3 Å². The molecule has 6 nitrogen and oxygen atoms in total. The lowest BCUT2D eigenvalue weighted by Crippen LogP contribution is -2.22. The Kier molecular flexibility index (Phi) is 6.12. The molecule has 0 aliphatic carbocycles. The van der Waals surface area contributed by atoms with Gasteiger partial charge in [-0.3, -0.25) is 9.59 Å². The lowest BCUT2D eigenvalue weighted by Gasteiger charge is -2.12. The first-order chi connectivity index (χ1) is 15.4. The lowest BCUT2D eigenvalue weighted by molar-refractivity contribution is 0.102. The van der Waals surface area contributed by atoms with E-state index < -0.39 is 11.5 Å². The number of ketones is 1. The average Bonchev–Trinajstić information content (AvgIpc) is 2.79. The molecule has 0 unspecified atom stereocenters. The van der Waals surface area contributed by atoms with Gasteiger partial charge in [0.05, 0.1) is 12.8 Å². The van der Waals surface area contributed by atoms with Crippen LogP contribution in [0.2, 0.25) is 5.02 Å². The average molecular weight is 513 g/mol. The maximum Gasteiger partial charge on any atom is 0.349 e. The summed E-state index contributed by atoms with van der Waals surface area (Å²) in [5, 5.41) is 3.47. The van der Waals surface area contributed by atoms with Crippen LogP contribution in [-0.2, 0) is 0 Å². The number of halogens is 2. The van der Waals surface area contributed by atoms with Crippen LogP contribution in [0, 0.1) is 0 Å². The summed E-state index contributed by atoms with van der Waals surface area (Å²) in [6.45, 7) is 0. The Morgan fingerprint density at radius 1 is 1.00 bits per heavy atom. The maximum absolute atomic E-state index is 13.0. The largest absolute Gasteiger partial charge is 0.493 e. The summed E-state index contributed by atoms with van der Waals surface area (Å²) in [6.07, 6.45) is 0. The fourth-order valence-corrected chi connectivity index (χ4v) is 3.85. The van der Waals surface area contributed by atoms with Gasteiger partial charge in [0, 0.05) is 26.0 Å². The molecule has 8 heteroatoms. The molecule has 0 saturated heterocycles. The van der Waals surface area contributed by atoms with E-state index in [0.29, 0.717) is 26.2 Å². The number of ether oxygens (including phenoxy) is 1. The summed E-state index contributed by atoms with van der Waals surface area (Å²) in [4.78, 5) is 38.5. The van der Waals surface area contributed by atoms with Crippen molar-refractivity contribution < 1.29 is 18.7 Å². The van der Waals surface area contributed by atoms with Crippen molar-refractivity contribution in [2.45, 2.75) is 0 Å². The van der Waals surface area contributed by atoms with E-state index in [0.717, 1.165) is 0 Å². The van der Waals surface area contributed by atoms with Crippen molar-refractivity contribution in [2.75, 3.05) is 12.4 Å². The quantitative estimate of drug-likeness (QED) is 0.274. The number of hydrogen-bond acceptors (Lipinski definition) is 5. The molecule has 1 aromatic heterocycles. The van der Waals surface area contributed by atoms with Gasteiger partial charge in [-0.1, -0.05) is 57.9 Å². The van der Waals surface area contributed by atoms with Gasteiger partial charge in [0.25, 0.3) is 5.91 Å². The van der Waals surface area contributed by atoms with Gasteiger partial charge >= 0.3 is 5.63 Å². The lowest BCUT2D eigenvalue weighted by atomic mass is 10.0. The number of nitrogens with one attached hydrogen (secondary N) is 1. The van der Waals surface area contributed by atoms with Gasteiger partial charge in [0.1, 0.15) is 5.56 Å². The van der Waals surface area contributed by atoms with E-state index in [1.807, 2.05) is 0 Å². The molecule has 0 aliphatic heterocycles. The van der Waals surface area contributed by atoms with Crippen LogP contribution in [-0.4, -0.2) is 18.8 Å². The number of rotatable bonds is 5. The molecule has 1 amide bonds. The predicted molar refractivity (Wildman–Crippen MR) is 126 cm³/mol. The monoisotopic (exact) mass is 511 g/mol. The molecule has 4 rings (SSSR count).